The summed E-state index contributed by atoms with van der Waals surface area (Å²) in [5, 5.41) is 12.2. The molecule has 0 aromatic heterocycles. The van der Waals surface area contributed by atoms with Gasteiger partial charge in [0.25, 0.3) is 5.70 Å². The number of nitro groups is 1. The molecule has 1 aliphatic heterocycles. The van der Waals surface area contributed by atoms with Crippen molar-refractivity contribution in [3.8, 4) is 5.75 Å². The second kappa shape index (κ2) is 6.22. The van der Waals surface area contributed by atoms with Crippen molar-refractivity contribution in [3.05, 3.63) is 80.5 Å². The van der Waals surface area contributed by atoms with Crippen LogP contribution in [0.2, 0.25) is 5.02 Å². The van der Waals surface area contributed by atoms with Crippen LogP contribution in [0, 0.1) is 10.1 Å². The van der Waals surface area contributed by atoms with Gasteiger partial charge in [0.15, 0.2) is 0 Å². The lowest BCUT2D eigenvalue weighted by Gasteiger charge is -2.26. The highest BCUT2D eigenvalue weighted by Gasteiger charge is 2.37. The van der Waals surface area contributed by atoms with E-state index in [1.807, 2.05) is 0 Å². The summed E-state index contributed by atoms with van der Waals surface area (Å²) in [5.41, 5.74) is 1.46. The topological polar surface area (TPSA) is 69.4 Å². The predicted octanol–water partition coefficient (Wildman–Crippen LogP) is 4.05. The van der Waals surface area contributed by atoms with Crippen LogP contribution in [0.1, 0.15) is 23.7 Å². The van der Waals surface area contributed by atoms with Crippen molar-refractivity contribution in [3.63, 3.8) is 0 Å². The van der Waals surface area contributed by atoms with Crippen molar-refractivity contribution in [2.75, 3.05) is 0 Å². The summed E-state index contributed by atoms with van der Waals surface area (Å²) in [6.07, 6.45) is -0.257. The molecule has 0 fully saturated rings. The van der Waals surface area contributed by atoms with Gasteiger partial charge in [-0.05, 0) is 18.2 Å². The summed E-state index contributed by atoms with van der Waals surface area (Å²) < 4.78 is 5.85. The fourth-order valence-corrected chi connectivity index (χ4v) is 2.79. The lowest BCUT2D eigenvalue weighted by Crippen LogP contribution is -2.22. The first kappa shape index (κ1) is 15.2. The number of carbonyl (C=O) groups excluding carboxylic acids is 1. The molecular weight excluding hydrogens is 318 g/mol. The van der Waals surface area contributed by atoms with Crippen LogP contribution in [0.5, 0.6) is 5.75 Å². The Morgan fingerprint density at radius 3 is 2.52 bits per heavy atom. The molecule has 0 amide bonds. The molecule has 0 radical (unpaired) electrons. The van der Waals surface area contributed by atoms with Gasteiger partial charge in [0.2, 0.25) is 6.10 Å². The van der Waals surface area contributed by atoms with Gasteiger partial charge in [0.05, 0.1) is 4.92 Å². The van der Waals surface area contributed by atoms with Gasteiger partial charge >= 0.3 is 0 Å². The van der Waals surface area contributed by atoms with E-state index >= 15 is 0 Å². The first-order valence-electron chi connectivity index (χ1n) is 6.94. The third-order valence-corrected chi connectivity index (χ3v) is 3.92. The first-order chi connectivity index (χ1) is 11.1. The zero-order valence-electron chi connectivity index (χ0n) is 11.9. The highest BCUT2D eigenvalue weighted by Crippen LogP contribution is 2.43. The molecule has 3 rings (SSSR count). The lowest BCUT2D eigenvalue weighted by atomic mass is 9.92. The molecule has 1 aliphatic rings. The van der Waals surface area contributed by atoms with Gasteiger partial charge in [-0.15, -0.1) is 0 Å². The molecule has 0 aliphatic carbocycles. The third-order valence-electron chi connectivity index (χ3n) is 3.67. The van der Waals surface area contributed by atoms with Crippen LogP contribution in [0.25, 0.3) is 5.57 Å². The molecule has 1 atom stereocenters. The van der Waals surface area contributed by atoms with E-state index in [2.05, 4.69) is 0 Å². The number of para-hydroxylation sites is 1. The molecule has 0 saturated heterocycles. The maximum absolute atomic E-state index is 11.6. The van der Waals surface area contributed by atoms with E-state index < -0.39 is 11.0 Å². The molecule has 1 heterocycles. The van der Waals surface area contributed by atoms with E-state index in [0.29, 0.717) is 33.8 Å². The number of nitrogens with zero attached hydrogens (tertiary/aromatic N) is 1. The Labute approximate surface area is 137 Å². The number of fused-ring (bicyclic) bond motifs is 1. The molecule has 6 heteroatoms. The van der Waals surface area contributed by atoms with E-state index in [4.69, 9.17) is 16.3 Å². The van der Waals surface area contributed by atoms with Crippen molar-refractivity contribution >= 4 is 23.5 Å². The number of halogens is 1. The summed E-state index contributed by atoms with van der Waals surface area (Å²) in [5.74, 6) is 0.523. The van der Waals surface area contributed by atoms with Crippen LogP contribution < -0.4 is 4.74 Å². The Balaban J connectivity index is 2.20. The second-order valence-corrected chi connectivity index (χ2v) is 5.47. The molecule has 0 saturated carbocycles. The van der Waals surface area contributed by atoms with Crippen LogP contribution in [-0.4, -0.2) is 11.2 Å². The summed E-state index contributed by atoms with van der Waals surface area (Å²) in [6, 6.07) is 13.7. The van der Waals surface area contributed by atoms with Crippen LogP contribution in [0.15, 0.2) is 54.2 Å². The van der Waals surface area contributed by atoms with Crippen LogP contribution in [-0.2, 0) is 4.79 Å². The Bertz CT molecular complexity index is 798. The summed E-state index contributed by atoms with van der Waals surface area (Å²) in [7, 11) is 0. The Hall–Kier alpha value is -2.66. The minimum absolute atomic E-state index is 0.0409. The first-order valence-corrected chi connectivity index (χ1v) is 7.32. The molecule has 23 heavy (non-hydrogen) atoms. The SMILES string of the molecule is O=CCC1=C([N+](=O)[O-])[C@H](c2ccc(Cl)cc2)Oc2ccccc21. The molecule has 0 spiro atoms. The third kappa shape index (κ3) is 2.83. The van der Waals surface area contributed by atoms with Crippen molar-refractivity contribution in [1.29, 1.82) is 0 Å². The largest absolute Gasteiger partial charge is 0.474 e. The molecule has 5 nitrogen and oxygen atoms in total. The number of carbonyl (C=O) groups is 1. The Kier molecular flexibility index (Phi) is 4.12. The number of benzene rings is 2. The number of hydrogen-bond donors (Lipinski definition) is 0. The lowest BCUT2D eigenvalue weighted by molar-refractivity contribution is -0.435. The number of rotatable bonds is 4. The summed E-state index contributed by atoms with van der Waals surface area (Å²) in [6.45, 7) is 0. The minimum atomic E-state index is -0.882. The van der Waals surface area contributed by atoms with Crippen LogP contribution in [0.4, 0.5) is 0 Å². The highest BCUT2D eigenvalue weighted by molar-refractivity contribution is 6.30. The quantitative estimate of drug-likeness (QED) is 0.482. The van der Waals surface area contributed by atoms with Gasteiger partial charge in [-0.1, -0.05) is 41.9 Å². The maximum atomic E-state index is 11.6. The smallest absolute Gasteiger partial charge is 0.295 e. The zero-order chi connectivity index (χ0) is 16.4. The molecule has 2 aromatic carbocycles. The van der Waals surface area contributed by atoms with Crippen LogP contribution >= 0.6 is 11.6 Å². The highest BCUT2D eigenvalue weighted by atomic mass is 35.5. The van der Waals surface area contributed by atoms with Gasteiger partial charge in [-0.3, -0.25) is 10.1 Å². The fourth-order valence-electron chi connectivity index (χ4n) is 2.66. The number of aldehydes is 1. The van der Waals surface area contributed by atoms with Crippen molar-refractivity contribution in [2.24, 2.45) is 0 Å². The van der Waals surface area contributed by atoms with E-state index in [1.54, 1.807) is 48.5 Å². The number of ether oxygens (including phenoxy) is 1. The molecule has 0 bridgehead atoms. The van der Waals surface area contributed by atoms with Gasteiger partial charge in [0.1, 0.15) is 12.0 Å². The van der Waals surface area contributed by atoms with Crippen LogP contribution in [0.3, 0.4) is 0 Å². The average Bonchev–Trinajstić information content (AvgIpc) is 2.55. The molecule has 2 aromatic rings. The standard InChI is InChI=1S/C17H12ClNO4/c18-12-7-5-11(6-8-12)17-16(19(21)22)14(9-10-20)13-3-1-2-4-15(13)23-17/h1-8,10,17H,9H2/t17-/m0/s1. The molecular formula is C17H12ClNO4. The molecule has 0 unspecified atom stereocenters. The number of allylic oxidation sites excluding steroid dienone is 1. The predicted molar refractivity (Wildman–Crippen MR) is 85.9 cm³/mol. The molecule has 0 N–H and O–H groups in total. The van der Waals surface area contributed by atoms with Gasteiger partial charge in [-0.2, -0.15) is 0 Å². The monoisotopic (exact) mass is 329 g/mol. The van der Waals surface area contributed by atoms with Crippen molar-refractivity contribution < 1.29 is 14.5 Å². The Morgan fingerprint density at radius 2 is 1.87 bits per heavy atom. The fraction of sp³-hybridized carbons (Fsp3) is 0.118. The van der Waals surface area contributed by atoms with E-state index in [9.17, 15) is 14.9 Å². The van der Waals surface area contributed by atoms with Gasteiger partial charge < -0.3 is 9.53 Å². The van der Waals surface area contributed by atoms with Gasteiger partial charge in [-0.25, -0.2) is 0 Å². The number of hydrogen-bond acceptors (Lipinski definition) is 4. The van der Waals surface area contributed by atoms with Crippen molar-refractivity contribution in [2.45, 2.75) is 12.5 Å². The second-order valence-electron chi connectivity index (χ2n) is 5.04. The minimum Gasteiger partial charge on any atom is -0.474 e. The maximum Gasteiger partial charge on any atom is 0.295 e. The summed E-state index contributed by atoms with van der Waals surface area (Å²) in [4.78, 5) is 22.2. The normalized spacial score (nSPS) is 16.5. The van der Waals surface area contributed by atoms with Gasteiger partial charge in [0, 0.05) is 28.1 Å². The molecule has 116 valence electrons. The zero-order valence-corrected chi connectivity index (χ0v) is 12.7. The Morgan fingerprint density at radius 1 is 1.17 bits per heavy atom. The summed E-state index contributed by atoms with van der Waals surface area (Å²) >= 11 is 5.88. The van der Waals surface area contributed by atoms with E-state index in [0.717, 1.165) is 0 Å². The average molecular weight is 330 g/mol. The van der Waals surface area contributed by atoms with E-state index in [1.165, 1.54) is 0 Å². The van der Waals surface area contributed by atoms with E-state index in [-0.39, 0.29) is 12.1 Å². The van der Waals surface area contributed by atoms with Crippen molar-refractivity contribution in [1.82, 2.24) is 0 Å².